The molecule has 2 aromatic carbocycles. The maximum absolute atomic E-state index is 13.0. The Bertz CT molecular complexity index is 946. The third kappa shape index (κ3) is 4.10. The Hall–Kier alpha value is -2.09. The fourth-order valence-corrected chi connectivity index (χ4v) is 5.39. The number of ether oxygens (including phenoxy) is 1. The maximum Gasteiger partial charge on any atom is 0.339 e. The number of rotatable bonds is 6. The van der Waals surface area contributed by atoms with Crippen LogP contribution < -0.4 is 4.74 Å². The third-order valence-electron chi connectivity index (χ3n) is 4.72. The number of methoxy groups -OCH3 is 1. The second-order valence-electron chi connectivity index (χ2n) is 6.50. The minimum Gasteiger partial charge on any atom is -0.496 e. The molecule has 6 nitrogen and oxygen atoms in total. The van der Waals surface area contributed by atoms with E-state index in [0.717, 1.165) is 18.9 Å². The molecule has 1 unspecified atom stereocenters. The van der Waals surface area contributed by atoms with Crippen molar-refractivity contribution in [2.24, 2.45) is 5.92 Å². The van der Waals surface area contributed by atoms with E-state index in [-0.39, 0.29) is 27.1 Å². The number of carboxylic acids is 1. The summed E-state index contributed by atoms with van der Waals surface area (Å²) in [6.07, 6.45) is 1.57. The van der Waals surface area contributed by atoms with E-state index in [4.69, 9.17) is 16.3 Å². The Morgan fingerprint density at radius 3 is 2.63 bits per heavy atom. The number of benzene rings is 2. The summed E-state index contributed by atoms with van der Waals surface area (Å²) < 4.78 is 32.5. The Morgan fingerprint density at radius 1 is 1.30 bits per heavy atom. The second kappa shape index (κ2) is 7.88. The molecule has 0 aromatic heterocycles. The first kappa shape index (κ1) is 19.7. The minimum absolute atomic E-state index is 0.0366. The molecule has 3 rings (SSSR count). The van der Waals surface area contributed by atoms with E-state index < -0.39 is 16.0 Å². The summed E-state index contributed by atoms with van der Waals surface area (Å²) >= 11 is 6.11. The quantitative estimate of drug-likeness (QED) is 0.791. The molecule has 0 amide bonds. The monoisotopic (exact) mass is 409 g/mol. The van der Waals surface area contributed by atoms with E-state index >= 15 is 0 Å². The lowest BCUT2D eigenvalue weighted by Crippen LogP contribution is -2.29. The number of carboxylic acid groups (broad SMARTS) is 1. The molecule has 1 atom stereocenters. The van der Waals surface area contributed by atoms with Crippen LogP contribution in [-0.2, 0) is 16.4 Å². The summed E-state index contributed by atoms with van der Waals surface area (Å²) in [5.74, 6) is -1.05. The van der Waals surface area contributed by atoms with E-state index in [1.165, 1.54) is 23.0 Å². The molecular weight excluding hydrogens is 390 g/mol. The molecule has 1 aliphatic heterocycles. The number of hydrogen-bond acceptors (Lipinski definition) is 4. The van der Waals surface area contributed by atoms with Gasteiger partial charge >= 0.3 is 5.97 Å². The van der Waals surface area contributed by atoms with Crippen LogP contribution >= 0.6 is 11.6 Å². The van der Waals surface area contributed by atoms with Crippen LogP contribution in [0.5, 0.6) is 5.75 Å². The summed E-state index contributed by atoms with van der Waals surface area (Å²) in [5.41, 5.74) is 0.997. The summed E-state index contributed by atoms with van der Waals surface area (Å²) in [6, 6.07) is 12.3. The summed E-state index contributed by atoms with van der Waals surface area (Å²) in [4.78, 5) is 11.1. The smallest absolute Gasteiger partial charge is 0.339 e. The van der Waals surface area contributed by atoms with Crippen LogP contribution in [0.3, 0.4) is 0 Å². The molecule has 0 bridgehead atoms. The Labute approximate surface area is 163 Å². The van der Waals surface area contributed by atoms with Gasteiger partial charge in [-0.1, -0.05) is 41.9 Å². The van der Waals surface area contributed by atoms with Crippen molar-refractivity contribution in [3.63, 3.8) is 0 Å². The molecule has 8 heteroatoms. The van der Waals surface area contributed by atoms with Gasteiger partial charge in [0.05, 0.1) is 12.1 Å². The van der Waals surface area contributed by atoms with Crippen LogP contribution in [0.2, 0.25) is 5.02 Å². The molecular formula is C19H20ClNO5S. The minimum atomic E-state index is -3.84. The topological polar surface area (TPSA) is 83.9 Å². The van der Waals surface area contributed by atoms with Gasteiger partial charge in [0.25, 0.3) is 0 Å². The molecule has 1 aliphatic rings. The first-order valence-electron chi connectivity index (χ1n) is 8.48. The largest absolute Gasteiger partial charge is 0.496 e. The van der Waals surface area contributed by atoms with Crippen LogP contribution in [0.25, 0.3) is 0 Å². The van der Waals surface area contributed by atoms with Crippen LogP contribution in [0.1, 0.15) is 22.3 Å². The number of aromatic carboxylic acids is 1. The molecule has 1 saturated heterocycles. The van der Waals surface area contributed by atoms with Crippen molar-refractivity contribution >= 4 is 27.6 Å². The van der Waals surface area contributed by atoms with Crippen molar-refractivity contribution in [3.8, 4) is 5.75 Å². The van der Waals surface area contributed by atoms with Gasteiger partial charge in [-0.3, -0.25) is 0 Å². The van der Waals surface area contributed by atoms with Crippen LogP contribution in [0, 0.1) is 5.92 Å². The average Bonchev–Trinajstić information content (AvgIpc) is 3.11. The van der Waals surface area contributed by atoms with Gasteiger partial charge in [0.2, 0.25) is 10.0 Å². The average molecular weight is 410 g/mol. The summed E-state index contributed by atoms with van der Waals surface area (Å²) in [7, 11) is -2.55. The molecule has 1 heterocycles. The van der Waals surface area contributed by atoms with Gasteiger partial charge in [-0.15, -0.1) is 0 Å². The highest BCUT2D eigenvalue weighted by atomic mass is 35.5. The van der Waals surface area contributed by atoms with Crippen LogP contribution in [-0.4, -0.2) is 44.0 Å². The van der Waals surface area contributed by atoms with Gasteiger partial charge in [0.1, 0.15) is 16.2 Å². The standard InChI is InChI=1S/C19H20ClNO5S/c1-26-17-11-18(16(20)10-15(17)19(22)23)27(24,25)21-8-7-14(12-21)9-13-5-3-2-4-6-13/h2-6,10-11,14H,7-9,12H2,1H3,(H,22,23). The van der Waals surface area contributed by atoms with Gasteiger partial charge in [0, 0.05) is 19.2 Å². The molecule has 144 valence electrons. The predicted octanol–water partition coefficient (Wildman–Crippen LogP) is 3.30. The van der Waals surface area contributed by atoms with Crippen molar-refractivity contribution in [3.05, 3.63) is 58.6 Å². The van der Waals surface area contributed by atoms with Crippen molar-refractivity contribution in [2.45, 2.75) is 17.7 Å². The molecule has 0 radical (unpaired) electrons. The zero-order valence-electron chi connectivity index (χ0n) is 14.8. The predicted molar refractivity (Wildman–Crippen MR) is 102 cm³/mol. The fourth-order valence-electron chi connectivity index (χ4n) is 3.34. The molecule has 0 aliphatic carbocycles. The zero-order valence-corrected chi connectivity index (χ0v) is 16.3. The number of nitrogens with zero attached hydrogens (tertiary/aromatic N) is 1. The second-order valence-corrected chi connectivity index (χ2v) is 8.81. The van der Waals surface area contributed by atoms with E-state index in [1.54, 1.807) is 0 Å². The molecule has 27 heavy (non-hydrogen) atoms. The summed E-state index contributed by atoms with van der Waals surface area (Å²) in [6.45, 7) is 0.801. The van der Waals surface area contributed by atoms with Gasteiger partial charge in [-0.05, 0) is 30.4 Å². The van der Waals surface area contributed by atoms with Gasteiger partial charge in [-0.25, -0.2) is 13.2 Å². The fraction of sp³-hybridized carbons (Fsp3) is 0.316. The lowest BCUT2D eigenvalue weighted by Gasteiger charge is -2.19. The first-order valence-corrected chi connectivity index (χ1v) is 10.3. The van der Waals surface area contributed by atoms with E-state index in [2.05, 4.69) is 0 Å². The Morgan fingerprint density at radius 2 is 2.00 bits per heavy atom. The van der Waals surface area contributed by atoms with Crippen molar-refractivity contribution in [2.75, 3.05) is 20.2 Å². The van der Waals surface area contributed by atoms with Crippen molar-refractivity contribution < 1.29 is 23.1 Å². The molecule has 1 N–H and O–H groups in total. The van der Waals surface area contributed by atoms with Crippen molar-refractivity contribution in [1.82, 2.24) is 4.31 Å². The molecule has 0 spiro atoms. The number of carbonyl (C=O) groups is 1. The normalized spacial score (nSPS) is 17.8. The number of sulfonamides is 1. The lowest BCUT2D eigenvalue weighted by atomic mass is 9.99. The summed E-state index contributed by atoms with van der Waals surface area (Å²) in [5, 5.41) is 9.08. The number of hydrogen-bond donors (Lipinski definition) is 1. The van der Waals surface area contributed by atoms with Crippen LogP contribution in [0.4, 0.5) is 0 Å². The Balaban J connectivity index is 1.84. The highest BCUT2D eigenvalue weighted by Crippen LogP contribution is 2.34. The zero-order chi connectivity index (χ0) is 19.6. The highest BCUT2D eigenvalue weighted by Gasteiger charge is 2.34. The Kier molecular flexibility index (Phi) is 5.74. The van der Waals surface area contributed by atoms with Gasteiger partial charge in [0.15, 0.2) is 0 Å². The van der Waals surface area contributed by atoms with E-state index in [1.807, 2.05) is 30.3 Å². The van der Waals surface area contributed by atoms with Gasteiger partial charge in [-0.2, -0.15) is 4.31 Å². The van der Waals surface area contributed by atoms with Gasteiger partial charge < -0.3 is 9.84 Å². The molecule has 2 aromatic rings. The highest BCUT2D eigenvalue weighted by molar-refractivity contribution is 7.89. The molecule has 0 saturated carbocycles. The first-order chi connectivity index (χ1) is 12.8. The SMILES string of the molecule is COc1cc(S(=O)(=O)N2CCC(Cc3ccccc3)C2)c(Cl)cc1C(=O)O. The third-order valence-corrected chi connectivity index (χ3v) is 7.05. The van der Waals surface area contributed by atoms with Crippen molar-refractivity contribution in [1.29, 1.82) is 0 Å². The number of halogens is 1. The maximum atomic E-state index is 13.0. The lowest BCUT2D eigenvalue weighted by molar-refractivity contribution is 0.0693. The van der Waals surface area contributed by atoms with E-state index in [9.17, 15) is 18.3 Å². The van der Waals surface area contributed by atoms with E-state index in [0.29, 0.717) is 13.1 Å². The van der Waals surface area contributed by atoms with Crippen LogP contribution in [0.15, 0.2) is 47.4 Å². The molecule has 1 fully saturated rings.